The Bertz CT molecular complexity index is 1090. The van der Waals surface area contributed by atoms with Crippen molar-refractivity contribution in [2.45, 2.75) is 6.54 Å². The van der Waals surface area contributed by atoms with Crippen molar-refractivity contribution in [1.82, 2.24) is 4.90 Å². The maximum atomic E-state index is 12.7. The van der Waals surface area contributed by atoms with E-state index in [-0.39, 0.29) is 17.7 Å². The fourth-order valence-corrected chi connectivity index (χ4v) is 4.35. The maximum absolute atomic E-state index is 12.7. The third-order valence-corrected chi connectivity index (χ3v) is 6.59. The van der Waals surface area contributed by atoms with E-state index in [1.54, 1.807) is 12.1 Å². The molecule has 0 atom stereocenters. The highest BCUT2D eigenvalue weighted by Crippen LogP contribution is 2.35. The van der Waals surface area contributed by atoms with E-state index in [9.17, 15) is 9.59 Å². The first-order valence-corrected chi connectivity index (χ1v) is 11.0. The van der Waals surface area contributed by atoms with E-state index >= 15 is 0 Å². The zero-order valence-electron chi connectivity index (χ0n) is 14.4. The van der Waals surface area contributed by atoms with Crippen molar-refractivity contribution in [3.05, 3.63) is 84.9 Å². The highest BCUT2D eigenvalue weighted by molar-refractivity contribution is 14.1. The summed E-state index contributed by atoms with van der Waals surface area (Å²) in [6.45, 7) is 0.232. The van der Waals surface area contributed by atoms with Gasteiger partial charge >= 0.3 is 0 Å². The zero-order valence-corrected chi connectivity index (χ0v) is 19.0. The van der Waals surface area contributed by atoms with E-state index in [1.165, 1.54) is 4.90 Å². The Morgan fingerprint density at radius 2 is 1.79 bits per heavy atom. The van der Waals surface area contributed by atoms with E-state index in [1.807, 2.05) is 54.6 Å². The van der Waals surface area contributed by atoms with Crippen molar-refractivity contribution in [2.75, 3.05) is 0 Å². The Hall–Kier alpha value is -1.84. The Balaban J connectivity index is 1.54. The molecular formula is C21H13BrINO3S. The van der Waals surface area contributed by atoms with Gasteiger partial charge in [-0.2, -0.15) is 0 Å². The lowest BCUT2D eigenvalue weighted by atomic mass is 10.2. The predicted octanol–water partition coefficient (Wildman–Crippen LogP) is 6.55. The van der Waals surface area contributed by atoms with E-state index in [4.69, 9.17) is 4.42 Å². The van der Waals surface area contributed by atoms with E-state index in [2.05, 4.69) is 38.5 Å². The number of imide groups is 1. The van der Waals surface area contributed by atoms with Crippen molar-refractivity contribution >= 4 is 67.5 Å². The quantitative estimate of drug-likeness (QED) is 0.266. The summed E-state index contributed by atoms with van der Waals surface area (Å²) < 4.78 is 7.86. The SMILES string of the molecule is O=C1S/C(=C\c2ccc(-c3ccc(I)cc3)o2)C(=O)N1Cc1ccccc1Br. The lowest BCUT2D eigenvalue weighted by molar-refractivity contribution is -0.123. The normalized spacial score (nSPS) is 15.6. The van der Waals surface area contributed by atoms with Crippen LogP contribution in [-0.4, -0.2) is 16.0 Å². The number of thioether (sulfide) groups is 1. The Kier molecular flexibility index (Phi) is 5.75. The standard InChI is InChI=1S/C21H13BrINO3S/c22-17-4-2-1-3-14(17)12-24-20(25)19(28-21(24)26)11-16-9-10-18(27-16)13-5-7-15(23)8-6-13/h1-11H,12H2/b19-11-. The summed E-state index contributed by atoms with van der Waals surface area (Å²) in [5.74, 6) is 0.952. The number of furan rings is 1. The average molecular weight is 566 g/mol. The molecule has 0 aliphatic carbocycles. The van der Waals surface area contributed by atoms with Crippen LogP contribution in [0.25, 0.3) is 17.4 Å². The number of carbonyl (C=O) groups excluding carboxylic acids is 2. The zero-order chi connectivity index (χ0) is 19.7. The highest BCUT2D eigenvalue weighted by atomic mass is 127. The molecule has 0 bridgehead atoms. The second-order valence-electron chi connectivity index (χ2n) is 6.07. The van der Waals surface area contributed by atoms with Gasteiger partial charge < -0.3 is 4.42 Å². The second-order valence-corrected chi connectivity index (χ2v) is 9.16. The summed E-state index contributed by atoms with van der Waals surface area (Å²) >= 11 is 6.64. The molecule has 1 saturated heterocycles. The molecule has 0 unspecified atom stereocenters. The van der Waals surface area contributed by atoms with Crippen molar-refractivity contribution in [3.8, 4) is 11.3 Å². The monoisotopic (exact) mass is 565 g/mol. The van der Waals surface area contributed by atoms with Gasteiger partial charge in [0, 0.05) is 19.7 Å². The lowest BCUT2D eigenvalue weighted by Crippen LogP contribution is -2.27. The van der Waals surface area contributed by atoms with Gasteiger partial charge in [0.05, 0.1) is 11.4 Å². The number of carbonyl (C=O) groups is 2. The van der Waals surface area contributed by atoms with Crippen LogP contribution in [-0.2, 0) is 11.3 Å². The van der Waals surface area contributed by atoms with Gasteiger partial charge in [-0.15, -0.1) is 0 Å². The minimum Gasteiger partial charge on any atom is -0.457 e. The molecule has 1 aliphatic heterocycles. The number of amides is 2. The van der Waals surface area contributed by atoms with Crippen LogP contribution in [0.1, 0.15) is 11.3 Å². The van der Waals surface area contributed by atoms with Crippen molar-refractivity contribution in [1.29, 1.82) is 0 Å². The Morgan fingerprint density at radius 3 is 2.54 bits per heavy atom. The fraction of sp³-hybridized carbons (Fsp3) is 0.0476. The molecule has 4 nitrogen and oxygen atoms in total. The number of rotatable bonds is 4. The van der Waals surface area contributed by atoms with Crippen molar-refractivity contribution in [3.63, 3.8) is 0 Å². The number of hydrogen-bond donors (Lipinski definition) is 0. The molecule has 3 aromatic rings. The third kappa shape index (κ3) is 4.11. The van der Waals surface area contributed by atoms with Gasteiger partial charge in [-0.05, 0) is 70.2 Å². The summed E-state index contributed by atoms with van der Waals surface area (Å²) in [6.07, 6.45) is 1.63. The molecule has 28 heavy (non-hydrogen) atoms. The highest BCUT2D eigenvalue weighted by Gasteiger charge is 2.35. The molecule has 140 valence electrons. The largest absolute Gasteiger partial charge is 0.457 e. The maximum Gasteiger partial charge on any atom is 0.293 e. The van der Waals surface area contributed by atoms with Gasteiger partial charge in [0.15, 0.2) is 0 Å². The molecule has 0 saturated carbocycles. The van der Waals surface area contributed by atoms with Crippen molar-refractivity contribution in [2.24, 2.45) is 0 Å². The number of benzene rings is 2. The molecule has 2 heterocycles. The third-order valence-electron chi connectivity index (χ3n) is 4.19. The molecule has 2 amide bonds. The van der Waals surface area contributed by atoms with Gasteiger partial charge in [-0.25, -0.2) is 0 Å². The van der Waals surface area contributed by atoms with Crippen molar-refractivity contribution < 1.29 is 14.0 Å². The van der Waals surface area contributed by atoms with Crippen LogP contribution in [0.15, 0.2) is 74.5 Å². The lowest BCUT2D eigenvalue weighted by Gasteiger charge is -2.13. The van der Waals surface area contributed by atoms with Gasteiger partial charge in [0.25, 0.3) is 11.1 Å². The van der Waals surface area contributed by atoms with Gasteiger partial charge in [-0.1, -0.05) is 46.3 Å². The molecule has 0 radical (unpaired) electrons. The smallest absolute Gasteiger partial charge is 0.293 e. The summed E-state index contributed by atoms with van der Waals surface area (Å²) in [7, 11) is 0. The molecule has 2 aromatic carbocycles. The number of nitrogens with zero attached hydrogens (tertiary/aromatic N) is 1. The van der Waals surface area contributed by atoms with Crippen LogP contribution < -0.4 is 0 Å². The Morgan fingerprint density at radius 1 is 1.04 bits per heavy atom. The second kappa shape index (κ2) is 8.26. The molecule has 1 aliphatic rings. The summed E-state index contributed by atoms with van der Waals surface area (Å²) in [6, 6.07) is 19.2. The average Bonchev–Trinajstić information content (AvgIpc) is 3.24. The van der Waals surface area contributed by atoms with Crippen LogP contribution in [0.2, 0.25) is 0 Å². The van der Waals surface area contributed by atoms with E-state index in [0.717, 1.165) is 36.7 Å². The molecule has 7 heteroatoms. The van der Waals surface area contributed by atoms with E-state index in [0.29, 0.717) is 10.7 Å². The Labute approximate surface area is 188 Å². The van der Waals surface area contributed by atoms with Crippen LogP contribution in [0, 0.1) is 3.57 Å². The van der Waals surface area contributed by atoms with Crippen LogP contribution in [0.4, 0.5) is 4.79 Å². The first kappa shape index (κ1) is 19.5. The molecular weight excluding hydrogens is 553 g/mol. The predicted molar refractivity (Wildman–Crippen MR) is 123 cm³/mol. The minimum absolute atomic E-state index is 0.232. The van der Waals surface area contributed by atoms with Crippen LogP contribution >= 0.6 is 50.3 Å². The van der Waals surface area contributed by atoms with E-state index < -0.39 is 0 Å². The summed E-state index contributed by atoms with van der Waals surface area (Å²) in [5.41, 5.74) is 1.84. The van der Waals surface area contributed by atoms with Crippen LogP contribution in [0.3, 0.4) is 0 Å². The van der Waals surface area contributed by atoms with Gasteiger partial charge in [0.1, 0.15) is 11.5 Å². The number of hydrogen-bond acceptors (Lipinski definition) is 4. The topological polar surface area (TPSA) is 50.5 Å². The first-order chi connectivity index (χ1) is 13.5. The van der Waals surface area contributed by atoms with Gasteiger partial charge in [-0.3, -0.25) is 14.5 Å². The molecule has 4 rings (SSSR count). The first-order valence-electron chi connectivity index (χ1n) is 8.36. The molecule has 1 aromatic heterocycles. The molecule has 0 N–H and O–H groups in total. The molecule has 0 spiro atoms. The summed E-state index contributed by atoms with van der Waals surface area (Å²) in [4.78, 5) is 26.7. The number of halogens is 2. The minimum atomic E-state index is -0.307. The fourth-order valence-electron chi connectivity index (χ4n) is 2.76. The summed E-state index contributed by atoms with van der Waals surface area (Å²) in [5, 5.41) is -0.281. The molecule has 1 fully saturated rings. The van der Waals surface area contributed by atoms with Gasteiger partial charge in [0.2, 0.25) is 0 Å². The van der Waals surface area contributed by atoms with Crippen LogP contribution in [0.5, 0.6) is 0 Å².